The molecule has 1 unspecified atom stereocenters. The molecule has 7 heteroatoms. The first kappa shape index (κ1) is 22.7. The first-order chi connectivity index (χ1) is 14.0. The first-order valence-corrected chi connectivity index (χ1v) is 10.4. The Labute approximate surface area is 180 Å². The summed E-state index contributed by atoms with van der Waals surface area (Å²) in [6.07, 6.45) is 4.21. The molecule has 1 atom stereocenters. The number of benzene rings is 2. The summed E-state index contributed by atoms with van der Waals surface area (Å²) in [5.41, 5.74) is 3.27. The highest BCUT2D eigenvalue weighted by Crippen LogP contribution is 2.21. The summed E-state index contributed by atoms with van der Waals surface area (Å²) in [4.78, 5) is 12.2. The van der Waals surface area contributed by atoms with E-state index in [1.54, 1.807) is 32.4 Å². The van der Waals surface area contributed by atoms with Gasteiger partial charge in [-0.1, -0.05) is 35.7 Å². The predicted molar refractivity (Wildman–Crippen MR) is 118 cm³/mol. The summed E-state index contributed by atoms with van der Waals surface area (Å²) in [6, 6.07) is 12.7. The predicted octanol–water partition coefficient (Wildman–Crippen LogP) is 4.94. The lowest BCUT2D eigenvalue weighted by Crippen LogP contribution is -2.33. The largest absolute Gasteiger partial charge is 0.497 e. The molecule has 29 heavy (non-hydrogen) atoms. The smallest absolute Gasteiger partial charge is 0.280 e. The van der Waals surface area contributed by atoms with Crippen LogP contribution in [0, 0.1) is 0 Å². The molecule has 0 bridgehead atoms. The molecule has 1 N–H and O–H groups in total. The molecule has 6 nitrogen and oxygen atoms in total. The van der Waals surface area contributed by atoms with Crippen molar-refractivity contribution in [1.82, 2.24) is 5.43 Å². The third-order valence-corrected chi connectivity index (χ3v) is 4.83. The van der Waals surface area contributed by atoms with Crippen LogP contribution < -0.4 is 19.6 Å². The van der Waals surface area contributed by atoms with Crippen molar-refractivity contribution < 1.29 is 19.0 Å². The third kappa shape index (κ3) is 7.77. The Balaban J connectivity index is 1.82. The second-order valence-corrected chi connectivity index (χ2v) is 7.26. The Morgan fingerprint density at radius 3 is 2.52 bits per heavy atom. The lowest BCUT2D eigenvalue weighted by Gasteiger charge is -2.13. The van der Waals surface area contributed by atoms with Crippen LogP contribution in [-0.4, -0.2) is 31.9 Å². The van der Waals surface area contributed by atoms with E-state index in [1.165, 1.54) is 0 Å². The minimum atomic E-state index is -0.697. The van der Waals surface area contributed by atoms with Crippen molar-refractivity contribution in [1.29, 1.82) is 0 Å². The number of hydrogen-bond donors (Lipinski definition) is 1. The van der Waals surface area contributed by atoms with Crippen LogP contribution in [-0.2, 0) is 4.79 Å². The van der Waals surface area contributed by atoms with Gasteiger partial charge < -0.3 is 14.2 Å². The van der Waals surface area contributed by atoms with Gasteiger partial charge in [0.05, 0.1) is 19.9 Å². The summed E-state index contributed by atoms with van der Waals surface area (Å²) < 4.78 is 17.4. The molecule has 0 saturated carbocycles. The monoisotopic (exact) mass is 462 g/mol. The minimum absolute atomic E-state index is 0.347. The molecule has 0 fully saturated rings. The topological polar surface area (TPSA) is 69.2 Å². The van der Waals surface area contributed by atoms with Gasteiger partial charge in [0.15, 0.2) is 6.10 Å². The zero-order valence-corrected chi connectivity index (χ0v) is 18.6. The fraction of sp³-hybridized carbons (Fsp3) is 0.364. The van der Waals surface area contributed by atoms with Crippen LogP contribution in [0.3, 0.4) is 0 Å². The first-order valence-electron chi connectivity index (χ1n) is 9.59. The number of amides is 1. The zero-order chi connectivity index (χ0) is 21.1. The number of nitrogens with one attached hydrogen (secondary N) is 1. The Kier molecular flexibility index (Phi) is 9.50. The SMILES string of the molecule is CCCCCOc1ccc(OC(C)C(=O)N/N=C/c2cc(OC)ccc2Br)cc1. The molecular formula is C22H27BrN2O4. The van der Waals surface area contributed by atoms with Crippen molar-refractivity contribution in [3.8, 4) is 17.2 Å². The van der Waals surface area contributed by atoms with E-state index in [0.29, 0.717) is 18.1 Å². The van der Waals surface area contributed by atoms with E-state index < -0.39 is 6.10 Å². The van der Waals surface area contributed by atoms with E-state index >= 15 is 0 Å². The maximum Gasteiger partial charge on any atom is 0.280 e. The molecule has 156 valence electrons. The van der Waals surface area contributed by atoms with E-state index in [4.69, 9.17) is 14.2 Å². The summed E-state index contributed by atoms with van der Waals surface area (Å²) in [5.74, 6) is 1.74. The quantitative estimate of drug-likeness (QED) is 0.291. The van der Waals surface area contributed by atoms with Gasteiger partial charge in [0.2, 0.25) is 0 Å². The van der Waals surface area contributed by atoms with Crippen LogP contribution in [0.15, 0.2) is 52.0 Å². The van der Waals surface area contributed by atoms with Crippen LogP contribution in [0.2, 0.25) is 0 Å². The van der Waals surface area contributed by atoms with Gasteiger partial charge in [0.25, 0.3) is 5.91 Å². The molecule has 0 spiro atoms. The molecule has 0 radical (unpaired) electrons. The minimum Gasteiger partial charge on any atom is -0.497 e. The molecule has 2 aromatic rings. The maximum absolute atomic E-state index is 12.2. The number of methoxy groups -OCH3 is 1. The van der Waals surface area contributed by atoms with Gasteiger partial charge in [-0.3, -0.25) is 4.79 Å². The summed E-state index contributed by atoms with van der Waals surface area (Å²) in [7, 11) is 1.59. The number of carbonyl (C=O) groups excluding carboxylic acids is 1. The highest BCUT2D eigenvalue weighted by Gasteiger charge is 2.14. The molecule has 0 aromatic heterocycles. The van der Waals surface area contributed by atoms with Crippen molar-refractivity contribution in [3.63, 3.8) is 0 Å². The number of nitrogens with zero attached hydrogens (tertiary/aromatic N) is 1. The van der Waals surface area contributed by atoms with Crippen molar-refractivity contribution >= 4 is 28.1 Å². The van der Waals surface area contributed by atoms with Gasteiger partial charge in [-0.25, -0.2) is 5.43 Å². The van der Waals surface area contributed by atoms with Crippen LogP contribution >= 0.6 is 15.9 Å². The number of unbranched alkanes of at least 4 members (excludes halogenated alkanes) is 2. The van der Waals surface area contributed by atoms with Crippen LogP contribution in [0.4, 0.5) is 0 Å². The number of ether oxygens (including phenoxy) is 3. The van der Waals surface area contributed by atoms with Crippen LogP contribution in [0.25, 0.3) is 0 Å². The lowest BCUT2D eigenvalue weighted by atomic mass is 10.2. The highest BCUT2D eigenvalue weighted by atomic mass is 79.9. The molecule has 0 aliphatic carbocycles. The highest BCUT2D eigenvalue weighted by molar-refractivity contribution is 9.10. The molecule has 2 rings (SSSR count). The van der Waals surface area contributed by atoms with Gasteiger partial charge in [0, 0.05) is 10.0 Å². The van der Waals surface area contributed by atoms with E-state index in [2.05, 4.69) is 33.4 Å². The molecule has 0 heterocycles. The van der Waals surface area contributed by atoms with E-state index in [-0.39, 0.29) is 5.91 Å². The number of halogens is 1. The van der Waals surface area contributed by atoms with Crippen LogP contribution in [0.1, 0.15) is 38.7 Å². The van der Waals surface area contributed by atoms with E-state index in [0.717, 1.165) is 35.0 Å². The number of rotatable bonds is 11. The average Bonchev–Trinajstić information content (AvgIpc) is 2.73. The average molecular weight is 463 g/mol. The van der Waals surface area contributed by atoms with E-state index in [9.17, 15) is 4.79 Å². The normalized spacial score (nSPS) is 11.9. The Morgan fingerprint density at radius 1 is 1.14 bits per heavy atom. The molecule has 0 aliphatic rings. The Morgan fingerprint density at radius 2 is 1.83 bits per heavy atom. The van der Waals surface area contributed by atoms with Gasteiger partial charge in [0.1, 0.15) is 17.2 Å². The summed E-state index contributed by atoms with van der Waals surface area (Å²) in [6.45, 7) is 4.53. The zero-order valence-electron chi connectivity index (χ0n) is 17.0. The van der Waals surface area contributed by atoms with Crippen molar-refractivity contribution in [2.24, 2.45) is 5.10 Å². The lowest BCUT2D eigenvalue weighted by molar-refractivity contribution is -0.127. The molecule has 2 aromatic carbocycles. The number of carbonyl (C=O) groups is 1. The molecular weight excluding hydrogens is 436 g/mol. The van der Waals surface area contributed by atoms with Crippen molar-refractivity contribution in [3.05, 3.63) is 52.5 Å². The van der Waals surface area contributed by atoms with Crippen LogP contribution in [0.5, 0.6) is 17.2 Å². The van der Waals surface area contributed by atoms with Crippen molar-refractivity contribution in [2.75, 3.05) is 13.7 Å². The maximum atomic E-state index is 12.2. The second kappa shape index (κ2) is 12.1. The molecule has 0 aliphatic heterocycles. The van der Waals surface area contributed by atoms with Gasteiger partial charge >= 0.3 is 0 Å². The van der Waals surface area contributed by atoms with E-state index in [1.807, 2.05) is 30.3 Å². The fourth-order valence-electron chi connectivity index (χ4n) is 2.42. The van der Waals surface area contributed by atoms with Gasteiger partial charge in [-0.05, 0) is 55.8 Å². The Hall–Kier alpha value is -2.54. The summed E-state index contributed by atoms with van der Waals surface area (Å²) in [5, 5.41) is 3.99. The molecule has 1 amide bonds. The van der Waals surface area contributed by atoms with Gasteiger partial charge in [-0.15, -0.1) is 0 Å². The third-order valence-electron chi connectivity index (χ3n) is 4.10. The Bertz CT molecular complexity index is 809. The fourth-order valence-corrected chi connectivity index (χ4v) is 2.77. The summed E-state index contributed by atoms with van der Waals surface area (Å²) >= 11 is 3.43. The number of hydrazone groups is 1. The number of hydrogen-bond acceptors (Lipinski definition) is 5. The second-order valence-electron chi connectivity index (χ2n) is 6.41. The van der Waals surface area contributed by atoms with Gasteiger partial charge in [-0.2, -0.15) is 5.10 Å². The molecule has 0 saturated heterocycles. The van der Waals surface area contributed by atoms with Crippen molar-refractivity contribution in [2.45, 2.75) is 39.2 Å². The standard InChI is InChI=1S/C22H27BrN2O4/c1-4-5-6-13-28-18-7-9-19(10-8-18)29-16(2)22(26)25-24-15-17-14-20(27-3)11-12-21(17)23/h7-12,14-16H,4-6,13H2,1-3H3,(H,25,26)/b24-15+.